The molecule has 4 rings (SSSR count). The first-order chi connectivity index (χ1) is 13.0. The maximum atomic E-state index is 12.5. The molecule has 0 aliphatic carbocycles. The van der Waals surface area contributed by atoms with Gasteiger partial charge in [0, 0.05) is 11.1 Å². The van der Waals surface area contributed by atoms with E-state index in [1.165, 1.54) is 0 Å². The van der Waals surface area contributed by atoms with E-state index < -0.39 is 6.03 Å². The zero-order valence-electron chi connectivity index (χ0n) is 14.6. The summed E-state index contributed by atoms with van der Waals surface area (Å²) in [6.07, 6.45) is 0. The van der Waals surface area contributed by atoms with Gasteiger partial charge in [-0.15, -0.1) is 0 Å². The first kappa shape index (κ1) is 16.8. The largest absolute Gasteiger partial charge is 0.451 e. The fraction of sp³-hybridized carbons (Fsp3) is 0.150. The number of furan rings is 1. The molecule has 1 aromatic heterocycles. The number of carbonyl (C=O) groups is 3. The zero-order valence-corrected chi connectivity index (χ0v) is 14.6. The molecule has 0 saturated carbocycles. The van der Waals surface area contributed by atoms with Crippen LogP contribution in [0.5, 0.6) is 0 Å². The first-order valence-corrected chi connectivity index (χ1v) is 8.48. The van der Waals surface area contributed by atoms with E-state index in [-0.39, 0.29) is 30.7 Å². The molecular formula is C20H17N3O4. The molecule has 2 heterocycles. The minimum atomic E-state index is -0.410. The van der Waals surface area contributed by atoms with Crippen LogP contribution >= 0.6 is 0 Å². The number of hydrogen-bond acceptors (Lipinski definition) is 4. The molecule has 4 amide bonds. The molecular weight excluding hydrogens is 346 g/mol. The van der Waals surface area contributed by atoms with E-state index in [4.69, 9.17) is 4.42 Å². The molecule has 2 N–H and O–H groups in total. The fourth-order valence-electron chi connectivity index (χ4n) is 3.01. The van der Waals surface area contributed by atoms with Crippen LogP contribution in [0.1, 0.15) is 21.7 Å². The highest BCUT2D eigenvalue weighted by Crippen LogP contribution is 2.22. The summed E-state index contributed by atoms with van der Waals surface area (Å²) in [5.74, 6) is -0.418. The lowest BCUT2D eigenvalue weighted by Crippen LogP contribution is -2.30. The number of benzene rings is 2. The van der Waals surface area contributed by atoms with Crippen molar-refractivity contribution in [2.45, 2.75) is 13.5 Å². The number of aryl methyl sites for hydroxylation is 1. The predicted octanol–water partition coefficient (Wildman–Crippen LogP) is 3.05. The van der Waals surface area contributed by atoms with Crippen LogP contribution in [-0.4, -0.2) is 29.3 Å². The topological polar surface area (TPSA) is 91.7 Å². The number of rotatable bonds is 4. The number of carbonyl (C=O) groups excluding carboxylic acids is 3. The van der Waals surface area contributed by atoms with Crippen molar-refractivity contribution in [3.05, 3.63) is 65.4 Å². The molecule has 1 fully saturated rings. The average Bonchev–Trinajstić information content (AvgIpc) is 3.20. The van der Waals surface area contributed by atoms with E-state index in [1.807, 2.05) is 25.1 Å². The summed E-state index contributed by atoms with van der Waals surface area (Å²) in [6, 6.07) is 14.0. The van der Waals surface area contributed by atoms with Crippen molar-refractivity contribution in [1.82, 2.24) is 10.2 Å². The smallest absolute Gasteiger partial charge is 0.324 e. The normalized spacial score (nSPS) is 13.9. The Morgan fingerprint density at radius 1 is 1.19 bits per heavy atom. The van der Waals surface area contributed by atoms with Gasteiger partial charge in [-0.2, -0.15) is 0 Å². The van der Waals surface area contributed by atoms with E-state index in [0.717, 1.165) is 21.4 Å². The average molecular weight is 363 g/mol. The third kappa shape index (κ3) is 3.39. The monoisotopic (exact) mass is 363 g/mol. The quantitative estimate of drug-likeness (QED) is 0.697. The third-order valence-corrected chi connectivity index (χ3v) is 4.36. The number of imide groups is 1. The lowest BCUT2D eigenvalue weighted by atomic mass is 10.1. The maximum absolute atomic E-state index is 12.5. The first-order valence-electron chi connectivity index (χ1n) is 8.48. The summed E-state index contributed by atoms with van der Waals surface area (Å²) < 4.78 is 5.61. The van der Waals surface area contributed by atoms with Crippen LogP contribution in [0.3, 0.4) is 0 Å². The number of urea groups is 1. The van der Waals surface area contributed by atoms with Gasteiger partial charge in [-0.3, -0.25) is 14.5 Å². The van der Waals surface area contributed by atoms with Crippen molar-refractivity contribution >= 4 is 34.5 Å². The maximum Gasteiger partial charge on any atom is 0.324 e. The molecule has 1 aliphatic heterocycles. The molecule has 0 atom stereocenters. The van der Waals surface area contributed by atoms with Gasteiger partial charge >= 0.3 is 6.03 Å². The Balaban J connectivity index is 1.51. The lowest BCUT2D eigenvalue weighted by molar-refractivity contribution is -0.125. The molecule has 27 heavy (non-hydrogen) atoms. The third-order valence-electron chi connectivity index (χ3n) is 4.36. The van der Waals surface area contributed by atoms with Crippen LogP contribution in [0.25, 0.3) is 11.0 Å². The minimum Gasteiger partial charge on any atom is -0.451 e. The van der Waals surface area contributed by atoms with E-state index in [2.05, 4.69) is 10.6 Å². The summed E-state index contributed by atoms with van der Waals surface area (Å²) >= 11 is 0. The van der Waals surface area contributed by atoms with Crippen molar-refractivity contribution in [3.63, 3.8) is 0 Å². The van der Waals surface area contributed by atoms with Gasteiger partial charge in [-0.1, -0.05) is 23.8 Å². The highest BCUT2D eigenvalue weighted by atomic mass is 16.3. The van der Waals surface area contributed by atoms with Crippen LogP contribution in [0.4, 0.5) is 10.5 Å². The molecule has 136 valence electrons. The number of nitrogens with zero attached hydrogens (tertiary/aromatic N) is 1. The molecule has 7 nitrogen and oxygen atoms in total. The van der Waals surface area contributed by atoms with E-state index in [9.17, 15) is 14.4 Å². The van der Waals surface area contributed by atoms with Gasteiger partial charge in [0.2, 0.25) is 5.91 Å². The molecule has 1 aliphatic rings. The van der Waals surface area contributed by atoms with Gasteiger partial charge in [0.25, 0.3) is 5.91 Å². The number of hydrogen-bond donors (Lipinski definition) is 2. The Kier molecular flexibility index (Phi) is 4.12. The number of fused-ring (bicyclic) bond motifs is 1. The highest BCUT2D eigenvalue weighted by Gasteiger charge is 2.28. The van der Waals surface area contributed by atoms with Crippen LogP contribution in [0, 0.1) is 6.92 Å². The van der Waals surface area contributed by atoms with Crippen LogP contribution < -0.4 is 10.6 Å². The second-order valence-corrected chi connectivity index (χ2v) is 6.45. The number of anilines is 1. The number of amides is 4. The van der Waals surface area contributed by atoms with E-state index >= 15 is 0 Å². The molecule has 2 aromatic carbocycles. The summed E-state index contributed by atoms with van der Waals surface area (Å²) in [4.78, 5) is 37.0. The Labute approximate surface area is 154 Å². The summed E-state index contributed by atoms with van der Waals surface area (Å²) in [5.41, 5.74) is 3.03. The fourth-order valence-corrected chi connectivity index (χ4v) is 3.01. The van der Waals surface area contributed by atoms with Gasteiger partial charge in [-0.05, 0) is 42.8 Å². The van der Waals surface area contributed by atoms with Crippen LogP contribution in [-0.2, 0) is 11.3 Å². The standard InChI is InChI=1S/C20H17N3O4/c1-12-5-6-16-14(7-12)9-17(27-16)19(25)22-15-4-2-3-13(8-15)11-23-18(24)10-21-20(23)26/h2-9H,10-11H2,1H3,(H,21,26)(H,22,25). The molecule has 0 unspecified atom stereocenters. The predicted molar refractivity (Wildman–Crippen MR) is 99.3 cm³/mol. The van der Waals surface area contributed by atoms with Gasteiger partial charge < -0.3 is 15.1 Å². The van der Waals surface area contributed by atoms with Gasteiger partial charge in [0.05, 0.1) is 13.1 Å². The van der Waals surface area contributed by atoms with Crippen molar-refractivity contribution in [3.8, 4) is 0 Å². The Morgan fingerprint density at radius 2 is 2.04 bits per heavy atom. The van der Waals surface area contributed by atoms with Crippen molar-refractivity contribution in [2.24, 2.45) is 0 Å². The van der Waals surface area contributed by atoms with Crippen LogP contribution in [0.15, 0.2) is 52.9 Å². The number of nitrogens with one attached hydrogen (secondary N) is 2. The second kappa shape index (κ2) is 6.60. The summed E-state index contributed by atoms with van der Waals surface area (Å²) in [7, 11) is 0. The van der Waals surface area contributed by atoms with Crippen molar-refractivity contribution in [1.29, 1.82) is 0 Å². The van der Waals surface area contributed by atoms with Gasteiger partial charge in [0.1, 0.15) is 5.58 Å². The second-order valence-electron chi connectivity index (χ2n) is 6.45. The van der Waals surface area contributed by atoms with Gasteiger partial charge in [-0.25, -0.2) is 4.79 Å². The molecule has 0 spiro atoms. The van der Waals surface area contributed by atoms with E-state index in [0.29, 0.717) is 11.3 Å². The molecule has 1 saturated heterocycles. The molecule has 0 bridgehead atoms. The Bertz CT molecular complexity index is 1050. The minimum absolute atomic E-state index is 0.0147. The highest BCUT2D eigenvalue weighted by molar-refractivity contribution is 6.05. The van der Waals surface area contributed by atoms with Crippen molar-refractivity contribution in [2.75, 3.05) is 11.9 Å². The zero-order chi connectivity index (χ0) is 19.0. The summed E-state index contributed by atoms with van der Waals surface area (Å²) in [6.45, 7) is 2.14. The molecule has 3 aromatic rings. The van der Waals surface area contributed by atoms with Crippen LogP contribution in [0.2, 0.25) is 0 Å². The SMILES string of the molecule is Cc1ccc2oc(C(=O)Nc3cccc(CN4C(=O)CNC4=O)c3)cc2c1. The van der Waals surface area contributed by atoms with E-state index in [1.54, 1.807) is 30.3 Å². The summed E-state index contributed by atoms with van der Waals surface area (Å²) in [5, 5.41) is 6.13. The Hall–Kier alpha value is -3.61. The van der Waals surface area contributed by atoms with Crippen molar-refractivity contribution < 1.29 is 18.8 Å². The van der Waals surface area contributed by atoms with Gasteiger partial charge in [0.15, 0.2) is 5.76 Å². The molecule has 0 radical (unpaired) electrons. The lowest BCUT2D eigenvalue weighted by Gasteiger charge is -2.13. The Morgan fingerprint density at radius 3 is 2.81 bits per heavy atom. The molecule has 7 heteroatoms.